The molecule has 1 fully saturated rings. The molecule has 1 aromatic rings. The van der Waals surface area contributed by atoms with Crippen molar-refractivity contribution in [3.63, 3.8) is 0 Å². The van der Waals surface area contributed by atoms with Gasteiger partial charge >= 0.3 is 0 Å². The van der Waals surface area contributed by atoms with Crippen LogP contribution in [0.2, 0.25) is 0 Å². The third-order valence-corrected chi connectivity index (χ3v) is 4.46. The maximum absolute atomic E-state index is 9.37. The smallest absolute Gasteiger partial charge is 0.0848 e. The third kappa shape index (κ3) is 3.21. The molecule has 0 bridgehead atoms. The molecule has 2 atom stereocenters. The van der Waals surface area contributed by atoms with E-state index in [0.717, 1.165) is 5.56 Å². The molecule has 1 aliphatic rings. The number of aromatic nitrogens is 1. The van der Waals surface area contributed by atoms with Gasteiger partial charge in [-0.3, -0.25) is 4.98 Å². The Morgan fingerprint density at radius 3 is 2.94 bits per heavy atom. The Morgan fingerprint density at radius 2 is 2.41 bits per heavy atom. The second-order valence-corrected chi connectivity index (χ2v) is 5.58. The molecule has 17 heavy (non-hydrogen) atoms. The van der Waals surface area contributed by atoms with E-state index in [1.54, 1.807) is 24.2 Å². The zero-order valence-electron chi connectivity index (χ0n) is 9.62. The van der Waals surface area contributed by atoms with Crippen LogP contribution in [0.4, 0.5) is 0 Å². The van der Waals surface area contributed by atoms with Gasteiger partial charge in [0.15, 0.2) is 0 Å². The quantitative estimate of drug-likeness (QED) is 0.838. The minimum atomic E-state index is -0.104. The van der Waals surface area contributed by atoms with Crippen LogP contribution in [-0.4, -0.2) is 27.7 Å². The van der Waals surface area contributed by atoms with Crippen molar-refractivity contribution in [1.29, 1.82) is 5.26 Å². The fraction of sp³-hybridized carbons (Fsp3) is 0.538. The van der Waals surface area contributed by atoms with E-state index in [4.69, 9.17) is 5.11 Å². The molecule has 1 aliphatic carbocycles. The van der Waals surface area contributed by atoms with E-state index < -0.39 is 0 Å². The second kappa shape index (κ2) is 6.04. The zero-order valence-corrected chi connectivity index (χ0v) is 10.4. The van der Waals surface area contributed by atoms with Crippen LogP contribution in [0.25, 0.3) is 0 Å². The average Bonchev–Trinajstić information content (AvgIpc) is 3.20. The largest absolute Gasteiger partial charge is 0.396 e. The lowest BCUT2D eigenvalue weighted by Crippen LogP contribution is -2.18. The number of aliphatic hydroxyl groups is 1. The van der Waals surface area contributed by atoms with Gasteiger partial charge in [-0.25, -0.2) is 0 Å². The number of hydrogen-bond donors (Lipinski definition) is 1. The highest BCUT2D eigenvalue weighted by Crippen LogP contribution is 2.45. The summed E-state index contributed by atoms with van der Waals surface area (Å²) < 4.78 is 0. The van der Waals surface area contributed by atoms with Gasteiger partial charge in [0.05, 0.1) is 18.6 Å². The average molecular weight is 248 g/mol. The Hall–Kier alpha value is -1.05. The van der Waals surface area contributed by atoms with Crippen molar-refractivity contribution >= 4 is 11.8 Å². The number of rotatable bonds is 6. The Morgan fingerprint density at radius 1 is 1.59 bits per heavy atom. The highest BCUT2D eigenvalue weighted by Gasteiger charge is 2.37. The zero-order chi connectivity index (χ0) is 12.1. The van der Waals surface area contributed by atoms with E-state index >= 15 is 0 Å². The number of nitriles is 1. The Kier molecular flexibility index (Phi) is 4.41. The van der Waals surface area contributed by atoms with Crippen molar-refractivity contribution in [3.05, 3.63) is 30.1 Å². The fourth-order valence-corrected chi connectivity index (χ4v) is 3.35. The lowest BCUT2D eigenvalue weighted by Gasteiger charge is -2.21. The van der Waals surface area contributed by atoms with E-state index in [2.05, 4.69) is 11.1 Å². The molecule has 2 rings (SSSR count). The highest BCUT2D eigenvalue weighted by molar-refractivity contribution is 8.00. The number of pyridine rings is 1. The highest BCUT2D eigenvalue weighted by atomic mass is 32.2. The van der Waals surface area contributed by atoms with Crippen LogP contribution in [0.5, 0.6) is 0 Å². The molecule has 3 nitrogen and oxygen atoms in total. The van der Waals surface area contributed by atoms with Crippen LogP contribution in [-0.2, 0) is 0 Å². The first-order valence-electron chi connectivity index (χ1n) is 5.89. The van der Waals surface area contributed by atoms with Gasteiger partial charge in [0.25, 0.3) is 0 Å². The van der Waals surface area contributed by atoms with Gasteiger partial charge in [-0.1, -0.05) is 6.07 Å². The molecule has 1 heterocycles. The van der Waals surface area contributed by atoms with Crippen LogP contribution in [0, 0.1) is 17.2 Å². The molecule has 0 amide bonds. The first-order valence-corrected chi connectivity index (χ1v) is 6.93. The van der Waals surface area contributed by atoms with Crippen molar-refractivity contribution < 1.29 is 5.11 Å². The maximum Gasteiger partial charge on any atom is 0.0848 e. The van der Waals surface area contributed by atoms with E-state index in [0.29, 0.717) is 16.9 Å². The third-order valence-electron chi connectivity index (χ3n) is 3.00. The molecule has 1 N–H and O–H groups in total. The molecule has 1 saturated carbocycles. The van der Waals surface area contributed by atoms with Gasteiger partial charge in [0, 0.05) is 23.4 Å². The topological polar surface area (TPSA) is 56.9 Å². The lowest BCUT2D eigenvalue weighted by atomic mass is 9.96. The van der Waals surface area contributed by atoms with Gasteiger partial charge in [0.2, 0.25) is 0 Å². The lowest BCUT2D eigenvalue weighted by molar-refractivity contribution is 0.322. The molecular weight excluding hydrogens is 232 g/mol. The Bertz CT molecular complexity index is 386. The summed E-state index contributed by atoms with van der Waals surface area (Å²) in [5.41, 5.74) is 0.998. The molecule has 0 radical (unpaired) electrons. The van der Waals surface area contributed by atoms with E-state index in [1.165, 1.54) is 12.8 Å². The molecule has 0 aliphatic heterocycles. The number of nitrogens with zero attached hydrogens (tertiary/aromatic N) is 2. The summed E-state index contributed by atoms with van der Waals surface area (Å²) >= 11 is 1.72. The van der Waals surface area contributed by atoms with Crippen molar-refractivity contribution in [1.82, 2.24) is 4.98 Å². The first kappa shape index (κ1) is 12.4. The van der Waals surface area contributed by atoms with Crippen LogP contribution >= 0.6 is 11.8 Å². The Balaban J connectivity index is 2.12. The van der Waals surface area contributed by atoms with Crippen molar-refractivity contribution in [3.8, 4) is 6.07 Å². The first-order chi connectivity index (χ1) is 8.36. The van der Waals surface area contributed by atoms with Crippen LogP contribution in [0.1, 0.15) is 24.3 Å². The summed E-state index contributed by atoms with van der Waals surface area (Å²) in [4.78, 5) is 4.09. The van der Waals surface area contributed by atoms with Gasteiger partial charge in [-0.05, 0) is 30.4 Å². The summed E-state index contributed by atoms with van der Waals surface area (Å²) in [5.74, 6) is 1.24. The SMILES string of the molecule is N#CC(c1cccnc1)C(SCCO)C1CC1. The number of thioether (sulfide) groups is 1. The van der Waals surface area contributed by atoms with E-state index in [1.807, 2.05) is 12.1 Å². The predicted molar refractivity (Wildman–Crippen MR) is 68.6 cm³/mol. The van der Waals surface area contributed by atoms with Crippen molar-refractivity contribution in [2.75, 3.05) is 12.4 Å². The number of aliphatic hydroxyl groups excluding tert-OH is 1. The van der Waals surface area contributed by atoms with Gasteiger partial charge in [0.1, 0.15) is 0 Å². The molecule has 90 valence electrons. The molecule has 1 aromatic heterocycles. The molecule has 0 saturated heterocycles. The molecule has 2 unspecified atom stereocenters. The summed E-state index contributed by atoms with van der Waals surface area (Å²) in [6.07, 6.45) is 5.93. The van der Waals surface area contributed by atoms with Crippen LogP contribution in [0.15, 0.2) is 24.5 Å². The molecular formula is C13H16N2OS. The van der Waals surface area contributed by atoms with Crippen molar-refractivity contribution in [2.45, 2.75) is 24.0 Å². The Labute approximate surface area is 106 Å². The van der Waals surface area contributed by atoms with Crippen molar-refractivity contribution in [2.24, 2.45) is 5.92 Å². The van der Waals surface area contributed by atoms with Gasteiger partial charge in [-0.15, -0.1) is 0 Å². The van der Waals surface area contributed by atoms with Gasteiger partial charge in [-0.2, -0.15) is 17.0 Å². The normalized spacial score (nSPS) is 18.4. The molecule has 0 aromatic carbocycles. The molecule has 4 heteroatoms. The van der Waals surface area contributed by atoms with E-state index in [9.17, 15) is 5.26 Å². The summed E-state index contributed by atoms with van der Waals surface area (Å²) in [6, 6.07) is 6.25. The van der Waals surface area contributed by atoms with E-state index in [-0.39, 0.29) is 12.5 Å². The second-order valence-electron chi connectivity index (χ2n) is 4.29. The van der Waals surface area contributed by atoms with Crippen LogP contribution < -0.4 is 0 Å². The summed E-state index contributed by atoms with van der Waals surface area (Å²) in [5, 5.41) is 18.6. The minimum Gasteiger partial charge on any atom is -0.396 e. The monoisotopic (exact) mass is 248 g/mol. The predicted octanol–water partition coefficient (Wildman–Crippen LogP) is 2.19. The van der Waals surface area contributed by atoms with Gasteiger partial charge < -0.3 is 5.11 Å². The molecule has 0 spiro atoms. The van der Waals surface area contributed by atoms with Crippen LogP contribution in [0.3, 0.4) is 0 Å². The summed E-state index contributed by atoms with van der Waals surface area (Å²) in [6.45, 7) is 0.180. The summed E-state index contributed by atoms with van der Waals surface area (Å²) in [7, 11) is 0. The maximum atomic E-state index is 9.37. The minimum absolute atomic E-state index is 0.104. The fourth-order valence-electron chi connectivity index (χ4n) is 2.02. The number of hydrogen-bond acceptors (Lipinski definition) is 4. The standard InChI is InChI=1S/C13H16N2OS/c14-8-12(11-2-1-5-15-9-11)13(10-3-4-10)17-7-6-16/h1-2,5,9-10,12-13,16H,3-4,6-7H2.